The molecule has 1 aliphatic heterocycles. The monoisotopic (exact) mass is 466 g/mol. The molecule has 30 heavy (non-hydrogen) atoms. The maximum absolute atomic E-state index is 13.3. The number of allylic oxidation sites excluding steroid dienone is 3. The van der Waals surface area contributed by atoms with E-state index in [4.69, 9.17) is 0 Å². The molecule has 0 saturated carbocycles. The predicted octanol–water partition coefficient (Wildman–Crippen LogP) is 4.48. The van der Waals surface area contributed by atoms with Crippen molar-refractivity contribution in [3.63, 3.8) is 0 Å². The third-order valence-electron chi connectivity index (χ3n) is 5.47. The summed E-state index contributed by atoms with van der Waals surface area (Å²) in [5.74, 6) is -0.228. The van der Waals surface area contributed by atoms with Gasteiger partial charge in [0.15, 0.2) is 5.78 Å². The van der Waals surface area contributed by atoms with Crippen LogP contribution in [0.5, 0.6) is 0 Å². The summed E-state index contributed by atoms with van der Waals surface area (Å²) in [7, 11) is 0. The summed E-state index contributed by atoms with van der Waals surface area (Å²) >= 11 is 3.35. The van der Waals surface area contributed by atoms with Gasteiger partial charge in [-0.25, -0.2) is 4.98 Å². The van der Waals surface area contributed by atoms with Gasteiger partial charge in [0.05, 0.1) is 0 Å². The van der Waals surface area contributed by atoms with Gasteiger partial charge in [-0.2, -0.15) is 0 Å². The molecule has 0 spiro atoms. The number of halogens is 1. The van der Waals surface area contributed by atoms with Crippen LogP contribution in [0.15, 0.2) is 69.9 Å². The van der Waals surface area contributed by atoms with E-state index in [1.54, 1.807) is 24.7 Å². The number of amides is 1. The first-order chi connectivity index (χ1) is 14.2. The first kappa shape index (κ1) is 20.5. The number of anilines is 1. The number of rotatable bonds is 3. The molecule has 0 aromatic carbocycles. The Morgan fingerprint density at radius 1 is 1.23 bits per heavy atom. The lowest BCUT2D eigenvalue weighted by atomic mass is 9.68. The SMILES string of the molecule is CC1=C(C(=O)Nc2ccc(Br)cn2)[C@H](c2cccnc2)C2=C(CC(C)(C)CC2=O)N1. The highest BCUT2D eigenvalue weighted by molar-refractivity contribution is 9.10. The molecule has 154 valence electrons. The maximum Gasteiger partial charge on any atom is 0.255 e. The summed E-state index contributed by atoms with van der Waals surface area (Å²) in [4.78, 5) is 35.0. The molecule has 7 heteroatoms. The normalized spacial score (nSPS) is 20.5. The zero-order chi connectivity index (χ0) is 21.5. The number of nitrogens with one attached hydrogen (secondary N) is 2. The molecule has 2 aliphatic rings. The van der Waals surface area contributed by atoms with Crippen LogP contribution in [0.2, 0.25) is 0 Å². The zero-order valence-electron chi connectivity index (χ0n) is 17.1. The van der Waals surface area contributed by atoms with Crippen LogP contribution in [0.25, 0.3) is 0 Å². The van der Waals surface area contributed by atoms with Gasteiger partial charge in [-0.3, -0.25) is 14.6 Å². The van der Waals surface area contributed by atoms with E-state index >= 15 is 0 Å². The number of ketones is 1. The van der Waals surface area contributed by atoms with E-state index in [0.29, 0.717) is 23.4 Å². The molecule has 1 amide bonds. The molecule has 0 unspecified atom stereocenters. The van der Waals surface area contributed by atoms with Gasteiger partial charge in [-0.1, -0.05) is 19.9 Å². The molecule has 4 rings (SSSR count). The average molecular weight is 467 g/mol. The Bertz CT molecular complexity index is 1070. The second-order valence-corrected chi connectivity index (χ2v) is 9.45. The number of pyridine rings is 2. The molecule has 1 atom stereocenters. The lowest BCUT2D eigenvalue weighted by Gasteiger charge is -2.39. The van der Waals surface area contributed by atoms with Crippen LogP contribution in [-0.4, -0.2) is 21.7 Å². The summed E-state index contributed by atoms with van der Waals surface area (Å²) < 4.78 is 0.827. The van der Waals surface area contributed by atoms with Gasteiger partial charge < -0.3 is 10.6 Å². The average Bonchev–Trinajstić information content (AvgIpc) is 2.68. The fourth-order valence-electron chi connectivity index (χ4n) is 4.25. The Morgan fingerprint density at radius 2 is 2.03 bits per heavy atom. The highest BCUT2D eigenvalue weighted by Gasteiger charge is 2.42. The first-order valence-corrected chi connectivity index (χ1v) is 10.6. The lowest BCUT2D eigenvalue weighted by Crippen LogP contribution is -2.39. The topological polar surface area (TPSA) is 84.0 Å². The van der Waals surface area contributed by atoms with Crippen molar-refractivity contribution < 1.29 is 9.59 Å². The van der Waals surface area contributed by atoms with Crippen LogP contribution >= 0.6 is 15.9 Å². The predicted molar refractivity (Wildman–Crippen MR) is 118 cm³/mol. The quantitative estimate of drug-likeness (QED) is 0.696. The van der Waals surface area contributed by atoms with Gasteiger partial charge >= 0.3 is 0 Å². The van der Waals surface area contributed by atoms with Gasteiger partial charge in [0, 0.05) is 57.9 Å². The Morgan fingerprint density at radius 3 is 2.70 bits per heavy atom. The smallest absolute Gasteiger partial charge is 0.255 e. The van der Waals surface area contributed by atoms with E-state index in [0.717, 1.165) is 27.9 Å². The van der Waals surface area contributed by atoms with Crippen molar-refractivity contribution in [2.45, 2.75) is 39.5 Å². The van der Waals surface area contributed by atoms with Crippen molar-refractivity contribution in [3.8, 4) is 0 Å². The molecular weight excluding hydrogens is 444 g/mol. The lowest BCUT2D eigenvalue weighted by molar-refractivity contribution is -0.118. The van der Waals surface area contributed by atoms with Crippen LogP contribution in [-0.2, 0) is 9.59 Å². The number of carbonyl (C=O) groups is 2. The van der Waals surface area contributed by atoms with Crippen molar-refractivity contribution in [2.75, 3.05) is 5.32 Å². The third kappa shape index (κ3) is 3.94. The van der Waals surface area contributed by atoms with Gasteiger partial charge in [-0.15, -0.1) is 0 Å². The van der Waals surface area contributed by atoms with Crippen molar-refractivity contribution in [1.29, 1.82) is 0 Å². The molecule has 2 aromatic heterocycles. The number of aromatic nitrogens is 2. The molecule has 0 fully saturated rings. The second-order valence-electron chi connectivity index (χ2n) is 8.53. The van der Waals surface area contributed by atoms with E-state index in [1.165, 1.54) is 0 Å². The molecule has 3 heterocycles. The van der Waals surface area contributed by atoms with E-state index < -0.39 is 5.92 Å². The Hall–Kier alpha value is -2.80. The van der Waals surface area contributed by atoms with Crippen molar-refractivity contribution in [3.05, 3.63) is 75.4 Å². The standard InChI is InChI=1S/C23H23BrN4O2/c1-13-19(22(30)28-18-7-6-15(24)12-26-18)20(14-5-4-8-25-11-14)21-16(27-13)9-23(2,3)10-17(21)29/h4-8,11-12,20,27H,9-10H2,1-3H3,(H,26,28,30)/t20-/m0/s1. The molecule has 0 saturated heterocycles. The minimum absolute atomic E-state index is 0.0715. The molecule has 0 bridgehead atoms. The summed E-state index contributed by atoms with van der Waals surface area (Å²) in [5.41, 5.74) is 3.53. The Balaban J connectivity index is 1.78. The second kappa shape index (κ2) is 7.80. The van der Waals surface area contributed by atoms with Gasteiger partial charge in [0.2, 0.25) is 0 Å². The fraction of sp³-hybridized carbons (Fsp3) is 0.304. The Labute approximate surface area is 184 Å². The molecule has 2 N–H and O–H groups in total. The van der Waals surface area contributed by atoms with Crippen LogP contribution in [0.1, 0.15) is 45.1 Å². The number of carbonyl (C=O) groups excluding carboxylic acids is 2. The summed E-state index contributed by atoms with van der Waals surface area (Å²) in [6.45, 7) is 6.06. The number of Topliss-reactive ketones (excluding diaryl/α,β-unsaturated/α-hetero) is 1. The molecule has 6 nitrogen and oxygen atoms in total. The summed E-state index contributed by atoms with van der Waals surface area (Å²) in [5, 5.41) is 6.23. The van der Waals surface area contributed by atoms with Crippen LogP contribution in [0.3, 0.4) is 0 Å². The maximum atomic E-state index is 13.3. The van der Waals surface area contributed by atoms with Gasteiger partial charge in [0.25, 0.3) is 5.91 Å². The molecule has 2 aromatic rings. The molecule has 0 radical (unpaired) electrons. The highest BCUT2D eigenvalue weighted by Crippen LogP contribution is 2.46. The fourth-order valence-corrected chi connectivity index (χ4v) is 4.49. The van der Waals surface area contributed by atoms with Crippen LogP contribution in [0.4, 0.5) is 5.82 Å². The number of hydrogen-bond acceptors (Lipinski definition) is 5. The van der Waals surface area contributed by atoms with Crippen molar-refractivity contribution in [2.24, 2.45) is 5.41 Å². The van der Waals surface area contributed by atoms with Crippen molar-refractivity contribution in [1.82, 2.24) is 15.3 Å². The minimum Gasteiger partial charge on any atom is -0.362 e. The van der Waals surface area contributed by atoms with Gasteiger partial charge in [0.1, 0.15) is 5.82 Å². The third-order valence-corrected chi connectivity index (χ3v) is 5.94. The first-order valence-electron chi connectivity index (χ1n) is 9.82. The van der Waals surface area contributed by atoms with Crippen LogP contribution < -0.4 is 10.6 Å². The minimum atomic E-state index is -0.464. The van der Waals surface area contributed by atoms with E-state index in [9.17, 15) is 9.59 Å². The number of hydrogen-bond donors (Lipinski definition) is 2. The number of nitrogens with zero attached hydrogens (tertiary/aromatic N) is 2. The largest absolute Gasteiger partial charge is 0.362 e. The van der Waals surface area contributed by atoms with E-state index in [-0.39, 0.29) is 17.1 Å². The molecular formula is C23H23BrN4O2. The highest BCUT2D eigenvalue weighted by atomic mass is 79.9. The zero-order valence-corrected chi connectivity index (χ0v) is 18.7. The van der Waals surface area contributed by atoms with Gasteiger partial charge in [-0.05, 0) is 58.5 Å². The van der Waals surface area contributed by atoms with E-state index in [2.05, 4.69) is 50.4 Å². The van der Waals surface area contributed by atoms with E-state index in [1.807, 2.05) is 25.1 Å². The van der Waals surface area contributed by atoms with Crippen LogP contribution in [0, 0.1) is 5.41 Å². The summed E-state index contributed by atoms with van der Waals surface area (Å²) in [6.07, 6.45) is 6.25. The van der Waals surface area contributed by atoms with Crippen molar-refractivity contribution >= 4 is 33.4 Å². The summed E-state index contributed by atoms with van der Waals surface area (Å²) in [6, 6.07) is 7.29. The number of dihydropyridines is 1. The molecule has 1 aliphatic carbocycles. The Kier molecular flexibility index (Phi) is 5.32.